The van der Waals surface area contributed by atoms with Gasteiger partial charge in [0.25, 0.3) is 0 Å². The van der Waals surface area contributed by atoms with E-state index in [0.29, 0.717) is 25.9 Å². The van der Waals surface area contributed by atoms with E-state index >= 15 is 0 Å². The molecule has 6 nitrogen and oxygen atoms in total. The lowest BCUT2D eigenvalue weighted by atomic mass is 10.0. The van der Waals surface area contributed by atoms with Crippen LogP contribution in [0.4, 0.5) is 0 Å². The number of piperidine rings is 1. The molecular formula is C15H24ClN3O3S. The molecule has 1 unspecified atom stereocenters. The van der Waals surface area contributed by atoms with Gasteiger partial charge < -0.3 is 11.1 Å². The van der Waals surface area contributed by atoms with Crippen molar-refractivity contribution in [2.24, 2.45) is 5.73 Å². The Bertz CT molecular complexity index is 602. The lowest BCUT2D eigenvalue weighted by molar-refractivity contribution is -0.123. The first-order chi connectivity index (χ1) is 10.4. The molecule has 1 aliphatic rings. The molecule has 1 atom stereocenters. The van der Waals surface area contributed by atoms with Crippen LogP contribution in [-0.2, 0) is 14.8 Å². The van der Waals surface area contributed by atoms with Crippen molar-refractivity contribution in [3.8, 4) is 0 Å². The molecular weight excluding hydrogens is 338 g/mol. The number of nitrogens with zero attached hydrogens (tertiary/aromatic N) is 1. The topological polar surface area (TPSA) is 92.5 Å². The van der Waals surface area contributed by atoms with Gasteiger partial charge in [-0.2, -0.15) is 0 Å². The summed E-state index contributed by atoms with van der Waals surface area (Å²) in [5, 5.41) is 2.92. The summed E-state index contributed by atoms with van der Waals surface area (Å²) in [4.78, 5) is 12.2. The summed E-state index contributed by atoms with van der Waals surface area (Å²) in [6.07, 6.45) is 1.24. The van der Waals surface area contributed by atoms with Gasteiger partial charge in [0.15, 0.2) is 0 Å². The highest BCUT2D eigenvalue weighted by molar-refractivity contribution is 7.89. The third-order valence-corrected chi connectivity index (χ3v) is 5.88. The first-order valence-electron chi connectivity index (χ1n) is 7.52. The summed E-state index contributed by atoms with van der Waals surface area (Å²) in [6, 6.07) is 8.48. The lowest BCUT2D eigenvalue weighted by Gasteiger charge is -2.31. The van der Waals surface area contributed by atoms with Crippen molar-refractivity contribution < 1.29 is 13.2 Å². The fourth-order valence-electron chi connectivity index (χ4n) is 2.56. The van der Waals surface area contributed by atoms with Gasteiger partial charge in [0.2, 0.25) is 15.9 Å². The third-order valence-electron chi connectivity index (χ3n) is 4.00. The normalized spacial score (nSPS) is 18.0. The number of amides is 1. The molecule has 1 fully saturated rings. The van der Waals surface area contributed by atoms with Crippen molar-refractivity contribution in [3.05, 3.63) is 35.9 Å². The van der Waals surface area contributed by atoms with E-state index in [9.17, 15) is 13.2 Å². The Morgan fingerprint density at radius 2 is 1.87 bits per heavy atom. The predicted molar refractivity (Wildman–Crippen MR) is 92.8 cm³/mol. The van der Waals surface area contributed by atoms with Gasteiger partial charge in [0.1, 0.15) is 6.04 Å². The maximum absolute atomic E-state index is 12.2. The van der Waals surface area contributed by atoms with E-state index in [1.807, 2.05) is 30.3 Å². The van der Waals surface area contributed by atoms with Gasteiger partial charge in [-0.3, -0.25) is 4.79 Å². The second-order valence-electron chi connectivity index (χ2n) is 5.47. The molecule has 1 aromatic rings. The van der Waals surface area contributed by atoms with E-state index in [1.54, 1.807) is 6.92 Å². The second-order valence-corrected chi connectivity index (χ2v) is 7.73. The number of benzene rings is 1. The van der Waals surface area contributed by atoms with E-state index < -0.39 is 16.1 Å². The number of carbonyl (C=O) groups excluding carboxylic acids is 1. The van der Waals surface area contributed by atoms with Crippen LogP contribution >= 0.6 is 12.4 Å². The number of rotatable bonds is 5. The standard InChI is InChI=1S/C15H23N3O3S.ClH/c1-2-22(20,21)18-10-8-13(9-11-18)17-15(19)14(16)12-6-4-3-5-7-12;/h3-7,13-14H,2,8-11,16H2,1H3,(H,17,19);1H. The Labute approximate surface area is 143 Å². The molecule has 0 aliphatic carbocycles. The Kier molecular flexibility index (Phi) is 7.47. The lowest BCUT2D eigenvalue weighted by Crippen LogP contribution is -2.48. The maximum atomic E-state index is 12.2. The smallest absolute Gasteiger partial charge is 0.241 e. The van der Waals surface area contributed by atoms with Crippen LogP contribution in [0.15, 0.2) is 30.3 Å². The molecule has 2 rings (SSSR count). The summed E-state index contributed by atoms with van der Waals surface area (Å²) in [6.45, 7) is 2.53. The number of nitrogens with two attached hydrogens (primary N) is 1. The SMILES string of the molecule is CCS(=O)(=O)N1CCC(NC(=O)C(N)c2ccccc2)CC1.Cl. The maximum Gasteiger partial charge on any atom is 0.241 e. The van der Waals surface area contributed by atoms with Gasteiger partial charge in [-0.1, -0.05) is 30.3 Å². The highest BCUT2D eigenvalue weighted by Gasteiger charge is 2.28. The molecule has 0 bridgehead atoms. The number of sulfonamides is 1. The molecule has 8 heteroatoms. The van der Waals surface area contributed by atoms with E-state index in [4.69, 9.17) is 5.73 Å². The van der Waals surface area contributed by atoms with Crippen LogP contribution in [0.2, 0.25) is 0 Å². The van der Waals surface area contributed by atoms with Crippen molar-refractivity contribution in [3.63, 3.8) is 0 Å². The molecule has 0 aromatic heterocycles. The molecule has 1 aromatic carbocycles. The number of carbonyl (C=O) groups is 1. The van der Waals surface area contributed by atoms with Crippen LogP contribution in [0.1, 0.15) is 31.4 Å². The highest BCUT2D eigenvalue weighted by atomic mass is 35.5. The zero-order chi connectivity index (χ0) is 16.2. The quantitative estimate of drug-likeness (QED) is 0.819. The van der Waals surface area contributed by atoms with Gasteiger partial charge in [-0.15, -0.1) is 12.4 Å². The Hall–Kier alpha value is -1.15. The van der Waals surface area contributed by atoms with Crippen LogP contribution in [-0.4, -0.2) is 43.5 Å². The average Bonchev–Trinajstić information content (AvgIpc) is 2.55. The Morgan fingerprint density at radius 1 is 1.30 bits per heavy atom. The molecule has 1 aliphatic heterocycles. The van der Waals surface area contributed by atoms with Gasteiger partial charge in [0.05, 0.1) is 5.75 Å². The molecule has 23 heavy (non-hydrogen) atoms. The van der Waals surface area contributed by atoms with Gasteiger partial charge in [0, 0.05) is 19.1 Å². The van der Waals surface area contributed by atoms with Crippen molar-refractivity contribution >= 4 is 28.3 Å². The number of hydrogen-bond acceptors (Lipinski definition) is 4. The molecule has 1 amide bonds. The van der Waals surface area contributed by atoms with E-state index in [0.717, 1.165) is 5.56 Å². The van der Waals surface area contributed by atoms with Crippen molar-refractivity contribution in [1.82, 2.24) is 9.62 Å². The molecule has 1 saturated heterocycles. The summed E-state index contributed by atoms with van der Waals surface area (Å²) in [7, 11) is -3.14. The van der Waals surface area contributed by atoms with Crippen LogP contribution in [0.3, 0.4) is 0 Å². The van der Waals surface area contributed by atoms with Crippen LogP contribution < -0.4 is 11.1 Å². The molecule has 3 N–H and O–H groups in total. The summed E-state index contributed by atoms with van der Waals surface area (Å²) >= 11 is 0. The fraction of sp³-hybridized carbons (Fsp3) is 0.533. The highest BCUT2D eigenvalue weighted by Crippen LogP contribution is 2.16. The monoisotopic (exact) mass is 361 g/mol. The average molecular weight is 362 g/mol. The summed E-state index contributed by atoms with van der Waals surface area (Å²) in [5.74, 6) is -0.105. The number of hydrogen-bond donors (Lipinski definition) is 2. The van der Waals surface area contributed by atoms with E-state index in [-0.39, 0.29) is 30.1 Å². The van der Waals surface area contributed by atoms with Crippen molar-refractivity contribution in [2.45, 2.75) is 31.8 Å². The van der Waals surface area contributed by atoms with Gasteiger partial charge in [-0.05, 0) is 25.3 Å². The zero-order valence-corrected chi connectivity index (χ0v) is 14.8. The predicted octanol–water partition coefficient (Wildman–Crippen LogP) is 1.04. The van der Waals surface area contributed by atoms with Crippen LogP contribution in [0.5, 0.6) is 0 Å². The molecule has 0 saturated carbocycles. The minimum Gasteiger partial charge on any atom is -0.352 e. The zero-order valence-electron chi connectivity index (χ0n) is 13.1. The minimum absolute atomic E-state index is 0. The summed E-state index contributed by atoms with van der Waals surface area (Å²) in [5.41, 5.74) is 6.72. The van der Waals surface area contributed by atoms with Crippen LogP contribution in [0.25, 0.3) is 0 Å². The number of halogens is 1. The number of nitrogens with one attached hydrogen (secondary N) is 1. The Balaban J connectivity index is 0.00000264. The first kappa shape index (κ1) is 19.9. The summed E-state index contributed by atoms with van der Waals surface area (Å²) < 4.78 is 25.1. The first-order valence-corrected chi connectivity index (χ1v) is 9.13. The third kappa shape index (κ3) is 5.17. The fourth-order valence-corrected chi connectivity index (χ4v) is 3.70. The van der Waals surface area contributed by atoms with E-state index in [1.165, 1.54) is 4.31 Å². The van der Waals surface area contributed by atoms with Gasteiger partial charge >= 0.3 is 0 Å². The van der Waals surface area contributed by atoms with Crippen molar-refractivity contribution in [2.75, 3.05) is 18.8 Å². The van der Waals surface area contributed by atoms with E-state index in [2.05, 4.69) is 5.32 Å². The molecule has 0 radical (unpaired) electrons. The molecule has 1 heterocycles. The second kappa shape index (κ2) is 8.63. The minimum atomic E-state index is -3.14. The Morgan fingerprint density at radius 3 is 2.39 bits per heavy atom. The van der Waals surface area contributed by atoms with Crippen molar-refractivity contribution in [1.29, 1.82) is 0 Å². The van der Waals surface area contributed by atoms with Crippen LogP contribution in [0, 0.1) is 0 Å². The molecule has 130 valence electrons. The molecule has 0 spiro atoms. The van der Waals surface area contributed by atoms with Gasteiger partial charge in [-0.25, -0.2) is 12.7 Å². The largest absolute Gasteiger partial charge is 0.352 e.